The molecule has 0 bridgehead atoms. The average molecular weight is 203 g/mol. The molecule has 0 aliphatic carbocycles. The zero-order valence-corrected chi connectivity index (χ0v) is 9.50. The molecule has 1 unspecified atom stereocenters. The van der Waals surface area contributed by atoms with E-state index in [9.17, 15) is 4.79 Å². The maximum atomic E-state index is 11.0. The fourth-order valence-electron chi connectivity index (χ4n) is 0.869. The Balaban J connectivity index is 3.44. The molecule has 84 valence electrons. The summed E-state index contributed by atoms with van der Waals surface area (Å²) in [7, 11) is 0. The van der Waals surface area contributed by atoms with Crippen molar-refractivity contribution in [2.24, 2.45) is 5.92 Å². The minimum atomic E-state index is -0.194. The van der Waals surface area contributed by atoms with Crippen LogP contribution in [-0.4, -0.2) is 25.2 Å². The molecule has 0 spiro atoms. The average Bonchev–Trinajstić information content (AvgIpc) is 2.03. The Labute approximate surface area is 85.9 Å². The maximum absolute atomic E-state index is 11.0. The normalized spacial score (nSPS) is 12.9. The van der Waals surface area contributed by atoms with E-state index in [1.54, 1.807) is 6.92 Å². The van der Waals surface area contributed by atoms with Crippen LogP contribution in [0.15, 0.2) is 0 Å². The first-order valence-corrected chi connectivity index (χ1v) is 5.09. The first-order valence-electron chi connectivity index (χ1n) is 5.09. The van der Waals surface area contributed by atoms with Crippen molar-refractivity contribution in [1.82, 2.24) is 5.48 Å². The van der Waals surface area contributed by atoms with Crippen molar-refractivity contribution < 1.29 is 14.4 Å². The zero-order valence-electron chi connectivity index (χ0n) is 9.50. The van der Waals surface area contributed by atoms with Gasteiger partial charge in [-0.15, -0.1) is 0 Å². The second-order valence-electron chi connectivity index (χ2n) is 3.73. The number of ether oxygens (including phenoxy) is 1. The molecule has 0 radical (unpaired) electrons. The number of rotatable bonds is 7. The highest BCUT2D eigenvalue weighted by Gasteiger charge is 2.09. The number of carbonyl (C=O) groups excluding carboxylic acids is 1. The highest BCUT2D eigenvalue weighted by molar-refractivity contribution is 5.69. The van der Waals surface area contributed by atoms with Crippen LogP contribution in [0.2, 0.25) is 0 Å². The third kappa shape index (κ3) is 8.01. The molecule has 0 heterocycles. The fourth-order valence-corrected chi connectivity index (χ4v) is 0.869. The summed E-state index contributed by atoms with van der Waals surface area (Å²) in [4.78, 5) is 16.2. The van der Waals surface area contributed by atoms with Crippen molar-refractivity contribution in [3.05, 3.63) is 0 Å². The molecule has 0 aliphatic rings. The van der Waals surface area contributed by atoms with Crippen LogP contribution in [-0.2, 0) is 14.4 Å². The van der Waals surface area contributed by atoms with E-state index in [2.05, 4.69) is 19.3 Å². The quantitative estimate of drug-likeness (QED) is 0.503. The molecule has 0 amide bonds. The van der Waals surface area contributed by atoms with E-state index in [-0.39, 0.29) is 12.0 Å². The van der Waals surface area contributed by atoms with Gasteiger partial charge in [0.1, 0.15) is 0 Å². The van der Waals surface area contributed by atoms with Gasteiger partial charge in [-0.05, 0) is 19.8 Å². The van der Waals surface area contributed by atoms with Crippen LogP contribution in [0, 0.1) is 5.92 Å². The first-order chi connectivity index (χ1) is 6.56. The summed E-state index contributed by atoms with van der Waals surface area (Å²) in [6, 6.07) is -0.00667. The topological polar surface area (TPSA) is 47.6 Å². The van der Waals surface area contributed by atoms with Crippen molar-refractivity contribution in [3.8, 4) is 0 Å². The molecular weight excluding hydrogens is 182 g/mol. The molecule has 0 aromatic heterocycles. The van der Waals surface area contributed by atoms with Crippen LogP contribution in [0.25, 0.3) is 0 Å². The predicted octanol–water partition coefficient (Wildman–Crippen LogP) is 1.51. The third-order valence-electron chi connectivity index (χ3n) is 1.48. The van der Waals surface area contributed by atoms with E-state index in [1.807, 2.05) is 6.92 Å². The summed E-state index contributed by atoms with van der Waals surface area (Å²) in [6.45, 7) is 8.89. The zero-order chi connectivity index (χ0) is 11.0. The summed E-state index contributed by atoms with van der Waals surface area (Å²) in [6.07, 6.45) is 0.339. The number of carbonyl (C=O) groups is 1. The lowest BCUT2D eigenvalue weighted by atomic mass is 10.2. The summed E-state index contributed by atoms with van der Waals surface area (Å²) in [5, 5.41) is 0. The van der Waals surface area contributed by atoms with Gasteiger partial charge < -0.3 is 9.57 Å². The third-order valence-corrected chi connectivity index (χ3v) is 1.48. The van der Waals surface area contributed by atoms with Gasteiger partial charge in [-0.1, -0.05) is 13.8 Å². The van der Waals surface area contributed by atoms with Crippen LogP contribution in [0.3, 0.4) is 0 Å². The Morgan fingerprint density at radius 2 is 2.00 bits per heavy atom. The van der Waals surface area contributed by atoms with E-state index in [0.29, 0.717) is 25.6 Å². The van der Waals surface area contributed by atoms with Crippen LogP contribution in [0.1, 0.15) is 34.1 Å². The van der Waals surface area contributed by atoms with E-state index in [0.717, 1.165) is 0 Å². The van der Waals surface area contributed by atoms with Crippen molar-refractivity contribution >= 4 is 5.97 Å². The van der Waals surface area contributed by atoms with E-state index < -0.39 is 0 Å². The van der Waals surface area contributed by atoms with Crippen molar-refractivity contribution in [3.63, 3.8) is 0 Å². The Bertz CT molecular complexity index is 159. The minimum absolute atomic E-state index is 0.00667. The molecule has 1 atom stereocenters. The second-order valence-corrected chi connectivity index (χ2v) is 3.73. The largest absolute Gasteiger partial charge is 0.466 e. The van der Waals surface area contributed by atoms with Crippen LogP contribution >= 0.6 is 0 Å². The van der Waals surface area contributed by atoms with Crippen LogP contribution in [0.4, 0.5) is 0 Å². The van der Waals surface area contributed by atoms with Gasteiger partial charge in [0, 0.05) is 6.04 Å². The lowest BCUT2D eigenvalue weighted by molar-refractivity contribution is -0.144. The summed E-state index contributed by atoms with van der Waals surface area (Å²) >= 11 is 0. The van der Waals surface area contributed by atoms with Gasteiger partial charge >= 0.3 is 5.97 Å². The monoisotopic (exact) mass is 203 g/mol. The van der Waals surface area contributed by atoms with Gasteiger partial charge in [0.2, 0.25) is 0 Å². The van der Waals surface area contributed by atoms with E-state index in [1.165, 1.54) is 0 Å². The molecule has 0 saturated carbocycles. The van der Waals surface area contributed by atoms with E-state index >= 15 is 0 Å². The highest BCUT2D eigenvalue weighted by Crippen LogP contribution is 1.96. The van der Waals surface area contributed by atoms with Gasteiger partial charge in [0.25, 0.3) is 0 Å². The molecule has 1 N–H and O–H groups in total. The Kier molecular flexibility index (Phi) is 7.42. The van der Waals surface area contributed by atoms with E-state index in [4.69, 9.17) is 9.57 Å². The standard InChI is InChI=1S/C10H21NO3/c1-5-13-10(12)6-9(4)11-14-7-8(2)3/h8-9,11H,5-7H2,1-4H3. The van der Waals surface area contributed by atoms with Crippen molar-refractivity contribution in [2.45, 2.75) is 40.2 Å². The Morgan fingerprint density at radius 1 is 1.36 bits per heavy atom. The number of hydroxylamine groups is 1. The van der Waals surface area contributed by atoms with Gasteiger partial charge in [0.15, 0.2) is 0 Å². The second kappa shape index (κ2) is 7.76. The molecule has 0 aromatic carbocycles. The lowest BCUT2D eigenvalue weighted by Gasteiger charge is -2.13. The maximum Gasteiger partial charge on any atom is 0.307 e. The smallest absolute Gasteiger partial charge is 0.307 e. The summed E-state index contributed by atoms with van der Waals surface area (Å²) in [5.41, 5.74) is 2.80. The molecule has 4 heteroatoms. The van der Waals surface area contributed by atoms with Crippen LogP contribution in [0.5, 0.6) is 0 Å². The molecular formula is C10H21NO3. The van der Waals surface area contributed by atoms with Crippen LogP contribution < -0.4 is 5.48 Å². The SMILES string of the molecule is CCOC(=O)CC(C)NOCC(C)C. The minimum Gasteiger partial charge on any atom is -0.466 e. The Hall–Kier alpha value is -0.610. The molecule has 0 aliphatic heterocycles. The first kappa shape index (κ1) is 13.4. The molecule has 4 nitrogen and oxygen atoms in total. The molecule has 0 rings (SSSR count). The summed E-state index contributed by atoms with van der Waals surface area (Å²) in [5.74, 6) is 0.290. The number of esters is 1. The number of hydrogen-bond acceptors (Lipinski definition) is 4. The number of hydrogen-bond donors (Lipinski definition) is 1. The predicted molar refractivity (Wildman–Crippen MR) is 54.6 cm³/mol. The Morgan fingerprint density at radius 3 is 2.50 bits per heavy atom. The van der Waals surface area contributed by atoms with Gasteiger partial charge in [-0.3, -0.25) is 4.79 Å². The van der Waals surface area contributed by atoms with Crippen molar-refractivity contribution in [1.29, 1.82) is 0 Å². The summed E-state index contributed by atoms with van der Waals surface area (Å²) < 4.78 is 4.81. The number of nitrogens with one attached hydrogen (secondary N) is 1. The lowest BCUT2D eigenvalue weighted by Crippen LogP contribution is -2.30. The van der Waals surface area contributed by atoms with Gasteiger partial charge in [0.05, 0.1) is 19.6 Å². The van der Waals surface area contributed by atoms with Gasteiger partial charge in [-0.2, -0.15) is 5.48 Å². The molecule has 14 heavy (non-hydrogen) atoms. The molecule has 0 fully saturated rings. The van der Waals surface area contributed by atoms with Crippen molar-refractivity contribution in [2.75, 3.05) is 13.2 Å². The fraction of sp³-hybridized carbons (Fsp3) is 0.900. The molecule has 0 saturated heterocycles. The highest BCUT2D eigenvalue weighted by atomic mass is 16.6. The molecule has 0 aromatic rings. The van der Waals surface area contributed by atoms with Gasteiger partial charge in [-0.25, -0.2) is 0 Å².